The molecule has 8 nitrogen and oxygen atoms in total. The van der Waals surface area contributed by atoms with Crippen LogP contribution in [0.5, 0.6) is 0 Å². The lowest BCUT2D eigenvalue weighted by molar-refractivity contribution is -0.126. The molecule has 3 heterocycles. The third kappa shape index (κ3) is 4.23. The highest BCUT2D eigenvalue weighted by molar-refractivity contribution is 6.30. The van der Waals surface area contributed by atoms with E-state index in [9.17, 15) is 9.59 Å². The van der Waals surface area contributed by atoms with E-state index >= 15 is 0 Å². The maximum absolute atomic E-state index is 13.0. The first-order valence-corrected chi connectivity index (χ1v) is 10.2. The summed E-state index contributed by atoms with van der Waals surface area (Å²) in [5.74, 6) is 0.415. The third-order valence-corrected chi connectivity index (χ3v) is 5.55. The Morgan fingerprint density at radius 3 is 2.73 bits per heavy atom. The van der Waals surface area contributed by atoms with Crippen LogP contribution in [0.25, 0.3) is 5.69 Å². The van der Waals surface area contributed by atoms with Gasteiger partial charge in [0.25, 0.3) is 5.91 Å². The topological polar surface area (TPSA) is 93.3 Å². The zero-order chi connectivity index (χ0) is 21.1. The number of nitrogens with one attached hydrogen (secondary N) is 1. The molecule has 1 aromatic carbocycles. The minimum absolute atomic E-state index is 0.0124. The molecule has 2 amide bonds. The van der Waals surface area contributed by atoms with Crippen LogP contribution in [0.15, 0.2) is 47.1 Å². The highest BCUT2D eigenvalue weighted by atomic mass is 35.5. The fraction of sp³-hybridized carbons (Fsp3) is 0.333. The molecule has 1 saturated heterocycles. The van der Waals surface area contributed by atoms with Crippen LogP contribution in [-0.4, -0.2) is 44.8 Å². The predicted octanol–water partition coefficient (Wildman–Crippen LogP) is 2.99. The number of amides is 2. The molecule has 30 heavy (non-hydrogen) atoms. The van der Waals surface area contributed by atoms with E-state index in [0.717, 1.165) is 5.69 Å². The van der Waals surface area contributed by atoms with Crippen LogP contribution in [0.2, 0.25) is 5.02 Å². The van der Waals surface area contributed by atoms with Gasteiger partial charge in [-0.05, 0) is 50.1 Å². The Hall–Kier alpha value is -3.13. The van der Waals surface area contributed by atoms with Gasteiger partial charge in [-0.2, -0.15) is 0 Å². The number of aromatic nitrogens is 3. The predicted molar refractivity (Wildman–Crippen MR) is 110 cm³/mol. The second kappa shape index (κ2) is 8.71. The molecule has 1 aliphatic heterocycles. The van der Waals surface area contributed by atoms with Gasteiger partial charge < -0.3 is 14.6 Å². The van der Waals surface area contributed by atoms with Gasteiger partial charge in [-0.3, -0.25) is 9.59 Å². The van der Waals surface area contributed by atoms with Gasteiger partial charge in [-0.25, -0.2) is 4.68 Å². The van der Waals surface area contributed by atoms with Gasteiger partial charge in [0, 0.05) is 24.0 Å². The van der Waals surface area contributed by atoms with E-state index in [0.29, 0.717) is 54.6 Å². The first-order chi connectivity index (χ1) is 14.5. The van der Waals surface area contributed by atoms with Crippen molar-refractivity contribution in [1.29, 1.82) is 0 Å². The second-order valence-electron chi connectivity index (χ2n) is 7.28. The average Bonchev–Trinajstić information content (AvgIpc) is 3.41. The molecular formula is C21H22ClN5O3. The summed E-state index contributed by atoms with van der Waals surface area (Å²) >= 11 is 6.05. The molecule has 0 spiro atoms. The van der Waals surface area contributed by atoms with Gasteiger partial charge in [-0.1, -0.05) is 22.9 Å². The highest BCUT2D eigenvalue weighted by Crippen LogP contribution is 2.21. The van der Waals surface area contributed by atoms with Crippen molar-refractivity contribution in [2.75, 3.05) is 13.1 Å². The van der Waals surface area contributed by atoms with Gasteiger partial charge in [-0.15, -0.1) is 5.10 Å². The summed E-state index contributed by atoms with van der Waals surface area (Å²) in [5.41, 5.74) is 1.72. The van der Waals surface area contributed by atoms with Crippen molar-refractivity contribution in [1.82, 2.24) is 25.2 Å². The highest BCUT2D eigenvalue weighted by Gasteiger charge is 2.30. The lowest BCUT2D eigenvalue weighted by atomic mass is 9.95. The van der Waals surface area contributed by atoms with E-state index < -0.39 is 0 Å². The normalized spacial score (nSPS) is 14.7. The van der Waals surface area contributed by atoms with Crippen LogP contribution >= 0.6 is 11.6 Å². The van der Waals surface area contributed by atoms with Crippen molar-refractivity contribution in [3.63, 3.8) is 0 Å². The third-order valence-electron chi connectivity index (χ3n) is 5.32. The summed E-state index contributed by atoms with van der Waals surface area (Å²) in [6.45, 7) is 3.18. The van der Waals surface area contributed by atoms with Gasteiger partial charge in [0.05, 0.1) is 24.2 Å². The minimum Gasteiger partial charge on any atom is -0.467 e. The molecule has 9 heteroatoms. The molecule has 2 aromatic heterocycles. The van der Waals surface area contributed by atoms with Crippen LogP contribution in [0.4, 0.5) is 0 Å². The number of carbonyl (C=O) groups is 2. The minimum atomic E-state index is -0.171. The summed E-state index contributed by atoms with van der Waals surface area (Å²) < 4.78 is 6.84. The Morgan fingerprint density at radius 2 is 2.03 bits per heavy atom. The number of piperidine rings is 1. The first kappa shape index (κ1) is 20.2. The van der Waals surface area contributed by atoms with E-state index in [1.54, 1.807) is 34.0 Å². The fourth-order valence-electron chi connectivity index (χ4n) is 3.61. The molecule has 0 atom stereocenters. The van der Waals surface area contributed by atoms with Crippen molar-refractivity contribution < 1.29 is 14.0 Å². The van der Waals surface area contributed by atoms with Crippen LogP contribution in [0.1, 0.15) is 34.8 Å². The van der Waals surface area contributed by atoms with Crippen molar-refractivity contribution in [3.05, 3.63) is 64.8 Å². The monoisotopic (exact) mass is 427 g/mol. The lowest BCUT2D eigenvalue weighted by Gasteiger charge is -2.30. The molecule has 1 N–H and O–H groups in total. The molecule has 4 rings (SSSR count). The summed E-state index contributed by atoms with van der Waals surface area (Å²) in [4.78, 5) is 27.1. The van der Waals surface area contributed by atoms with Gasteiger partial charge in [0.2, 0.25) is 5.91 Å². The van der Waals surface area contributed by atoms with Crippen molar-refractivity contribution in [3.8, 4) is 5.69 Å². The van der Waals surface area contributed by atoms with Crippen molar-refractivity contribution in [2.24, 2.45) is 5.92 Å². The van der Waals surface area contributed by atoms with E-state index in [1.807, 2.05) is 25.1 Å². The van der Waals surface area contributed by atoms with Crippen molar-refractivity contribution >= 4 is 23.4 Å². The van der Waals surface area contributed by atoms with Crippen LogP contribution in [-0.2, 0) is 11.3 Å². The largest absolute Gasteiger partial charge is 0.467 e. The average molecular weight is 428 g/mol. The number of benzene rings is 1. The summed E-state index contributed by atoms with van der Waals surface area (Å²) in [7, 11) is 0. The molecule has 3 aromatic rings. The lowest BCUT2D eigenvalue weighted by Crippen LogP contribution is -2.43. The molecule has 1 aliphatic rings. The molecule has 0 radical (unpaired) electrons. The quantitative estimate of drug-likeness (QED) is 0.675. The van der Waals surface area contributed by atoms with Crippen LogP contribution in [0.3, 0.4) is 0 Å². The van der Waals surface area contributed by atoms with Crippen molar-refractivity contribution in [2.45, 2.75) is 26.3 Å². The molecule has 156 valence electrons. The zero-order valence-corrected chi connectivity index (χ0v) is 17.3. The second-order valence-corrected chi connectivity index (χ2v) is 7.72. The number of furan rings is 1. The Morgan fingerprint density at radius 1 is 1.23 bits per heavy atom. The molecule has 0 unspecified atom stereocenters. The van der Waals surface area contributed by atoms with Gasteiger partial charge in [0.1, 0.15) is 5.76 Å². The Balaban J connectivity index is 1.36. The molecular weight excluding hydrogens is 406 g/mol. The smallest absolute Gasteiger partial charge is 0.276 e. The molecule has 0 aliphatic carbocycles. The fourth-order valence-corrected chi connectivity index (χ4v) is 3.79. The van der Waals surface area contributed by atoms with Crippen LogP contribution in [0, 0.1) is 12.8 Å². The Kier molecular flexibility index (Phi) is 5.85. The summed E-state index contributed by atoms with van der Waals surface area (Å²) in [6, 6.07) is 10.8. The zero-order valence-electron chi connectivity index (χ0n) is 16.5. The Bertz CT molecular complexity index is 1040. The van der Waals surface area contributed by atoms with E-state index in [-0.39, 0.29) is 17.7 Å². The number of likely N-dealkylation sites (tertiary alicyclic amines) is 1. The Labute approximate surface area is 178 Å². The maximum atomic E-state index is 13.0. The number of halogens is 1. The number of hydrogen-bond acceptors (Lipinski definition) is 5. The first-order valence-electron chi connectivity index (χ1n) is 9.80. The maximum Gasteiger partial charge on any atom is 0.276 e. The van der Waals surface area contributed by atoms with E-state index in [4.69, 9.17) is 16.0 Å². The molecule has 0 bridgehead atoms. The van der Waals surface area contributed by atoms with Crippen LogP contribution < -0.4 is 5.32 Å². The number of carbonyl (C=O) groups excluding carboxylic acids is 2. The van der Waals surface area contributed by atoms with E-state index in [2.05, 4.69) is 15.6 Å². The number of rotatable bonds is 5. The summed E-state index contributed by atoms with van der Waals surface area (Å²) in [6.07, 6.45) is 2.80. The summed E-state index contributed by atoms with van der Waals surface area (Å²) in [5, 5.41) is 11.7. The van der Waals surface area contributed by atoms with Gasteiger partial charge >= 0.3 is 0 Å². The molecule has 0 saturated carbocycles. The van der Waals surface area contributed by atoms with E-state index in [1.165, 1.54) is 0 Å². The van der Waals surface area contributed by atoms with Gasteiger partial charge in [0.15, 0.2) is 5.69 Å². The SMILES string of the molecule is Cc1c(C(=O)N2CCC(C(=O)NCc3ccco3)CC2)nnn1-c1cccc(Cl)c1. The number of hydrogen-bond donors (Lipinski definition) is 1. The standard InChI is InChI=1S/C21H22ClN5O3/c1-14-19(24-25-27(14)17-5-2-4-16(22)12-17)21(29)26-9-7-15(8-10-26)20(28)23-13-18-6-3-11-30-18/h2-6,11-12,15H,7-10,13H2,1H3,(H,23,28). The number of nitrogens with zero attached hydrogens (tertiary/aromatic N) is 4. The molecule has 1 fully saturated rings.